The molecule has 198 valence electrons. The maximum absolute atomic E-state index is 13.5. The minimum atomic E-state index is -1.10. The van der Waals surface area contributed by atoms with Crippen molar-refractivity contribution in [3.8, 4) is 0 Å². The molecule has 2 aromatic carbocycles. The number of piperazine rings is 1. The number of rotatable bonds is 7. The number of hydrogen-bond acceptors (Lipinski definition) is 6. The van der Waals surface area contributed by atoms with Crippen molar-refractivity contribution in [3.63, 3.8) is 0 Å². The van der Waals surface area contributed by atoms with E-state index >= 15 is 0 Å². The first-order valence-corrected chi connectivity index (χ1v) is 12.3. The minimum absolute atomic E-state index is 0.0296. The van der Waals surface area contributed by atoms with Crippen LogP contribution in [0.15, 0.2) is 48.5 Å². The van der Waals surface area contributed by atoms with Crippen LogP contribution >= 0.6 is 11.6 Å². The molecule has 37 heavy (non-hydrogen) atoms. The van der Waals surface area contributed by atoms with Gasteiger partial charge in [0.15, 0.2) is 0 Å². The maximum atomic E-state index is 13.5. The van der Waals surface area contributed by atoms with E-state index in [1.807, 2.05) is 0 Å². The fraction of sp³-hybridized carbons (Fsp3) is 0.400. The summed E-state index contributed by atoms with van der Waals surface area (Å²) in [7, 11) is 1.65. The van der Waals surface area contributed by atoms with Gasteiger partial charge >= 0.3 is 12.0 Å². The van der Waals surface area contributed by atoms with Gasteiger partial charge in [0.05, 0.1) is 19.1 Å². The van der Waals surface area contributed by atoms with Crippen molar-refractivity contribution in [2.45, 2.75) is 44.4 Å². The van der Waals surface area contributed by atoms with Gasteiger partial charge in [0, 0.05) is 31.6 Å². The van der Waals surface area contributed by atoms with E-state index in [0.717, 1.165) is 0 Å². The lowest BCUT2D eigenvalue weighted by atomic mass is 10.0. The van der Waals surface area contributed by atoms with Crippen molar-refractivity contribution in [3.05, 3.63) is 70.5 Å². The van der Waals surface area contributed by atoms with E-state index in [4.69, 9.17) is 11.6 Å². The number of aliphatic hydroxyl groups is 1. The number of aliphatic carboxylic acids is 1. The van der Waals surface area contributed by atoms with Crippen LogP contribution in [0.2, 0.25) is 5.02 Å². The van der Waals surface area contributed by atoms with Gasteiger partial charge in [-0.05, 0) is 35.7 Å². The molecule has 0 saturated carbocycles. The number of carbonyl (C=O) groups excluding carboxylic acids is 2. The number of hydrazine groups is 1. The molecule has 4 rings (SSSR count). The van der Waals surface area contributed by atoms with Crippen molar-refractivity contribution in [1.82, 2.24) is 25.1 Å². The molecule has 12 heteroatoms. The summed E-state index contributed by atoms with van der Waals surface area (Å²) in [6, 6.07) is 11.4. The number of urea groups is 1. The van der Waals surface area contributed by atoms with E-state index in [-0.39, 0.29) is 50.7 Å². The van der Waals surface area contributed by atoms with Crippen LogP contribution in [0.1, 0.15) is 24.0 Å². The SMILES string of the molecule is CN1CC(O)N2[C@@H](CCC(=O)O)C(=O)N(Cc3ccccc3Cl)C[C@@H]2N1C(=O)NCc1ccc(F)cc1. The normalized spacial score (nSPS) is 22.6. The maximum Gasteiger partial charge on any atom is 0.333 e. The molecule has 10 nitrogen and oxygen atoms in total. The van der Waals surface area contributed by atoms with E-state index < -0.39 is 30.4 Å². The molecule has 2 fully saturated rings. The molecule has 2 aromatic rings. The number of hydrogen-bond donors (Lipinski definition) is 3. The van der Waals surface area contributed by atoms with Gasteiger partial charge in [0.25, 0.3) is 0 Å². The first kappa shape index (κ1) is 26.8. The van der Waals surface area contributed by atoms with Gasteiger partial charge in [-0.3, -0.25) is 9.59 Å². The fourth-order valence-corrected chi connectivity index (χ4v) is 5.04. The van der Waals surface area contributed by atoms with Gasteiger partial charge in [-0.2, -0.15) is 0 Å². The summed E-state index contributed by atoms with van der Waals surface area (Å²) < 4.78 is 13.2. The monoisotopic (exact) mass is 533 g/mol. The zero-order valence-corrected chi connectivity index (χ0v) is 21.0. The van der Waals surface area contributed by atoms with E-state index in [0.29, 0.717) is 16.1 Å². The standard InChI is InChI=1S/C25H29ClFN5O5/c1-29-15-22(33)31-20(10-11-23(34)35)24(36)30(13-17-4-2-3-5-19(17)26)14-21(31)32(29)25(37)28-12-16-6-8-18(27)9-7-16/h2-9,20-22,33H,10-15H2,1H3,(H,28,37)(H,34,35)/t20-,21-,22?/m0/s1. The van der Waals surface area contributed by atoms with E-state index in [1.54, 1.807) is 53.4 Å². The molecular weight excluding hydrogens is 505 g/mol. The molecule has 2 heterocycles. The number of nitrogens with one attached hydrogen (secondary N) is 1. The third-order valence-corrected chi connectivity index (χ3v) is 6.99. The Hall–Kier alpha value is -3.25. The summed E-state index contributed by atoms with van der Waals surface area (Å²) in [6.45, 7) is 0.404. The lowest BCUT2D eigenvalue weighted by molar-refractivity contribution is -0.224. The Bertz CT molecular complexity index is 1150. The average Bonchev–Trinajstić information content (AvgIpc) is 2.85. The lowest BCUT2D eigenvalue weighted by Gasteiger charge is -2.56. The number of carboxylic acids is 1. The van der Waals surface area contributed by atoms with Crippen LogP contribution in [0.5, 0.6) is 0 Å². The first-order chi connectivity index (χ1) is 17.7. The summed E-state index contributed by atoms with van der Waals surface area (Å²) in [4.78, 5) is 41.3. The molecular formula is C25H29ClFN5O5. The van der Waals surface area contributed by atoms with E-state index in [1.165, 1.54) is 22.0 Å². The Balaban J connectivity index is 1.61. The number of halogens is 2. The van der Waals surface area contributed by atoms with Crippen molar-refractivity contribution < 1.29 is 29.0 Å². The minimum Gasteiger partial charge on any atom is -0.481 e. The van der Waals surface area contributed by atoms with Crippen molar-refractivity contribution in [1.29, 1.82) is 0 Å². The molecule has 0 radical (unpaired) electrons. The molecule has 0 aromatic heterocycles. The Labute approximate surface area is 218 Å². The second-order valence-corrected chi connectivity index (χ2v) is 9.54. The van der Waals surface area contributed by atoms with Crippen molar-refractivity contribution >= 4 is 29.5 Å². The number of aliphatic hydroxyl groups excluding tert-OH is 1. The first-order valence-electron chi connectivity index (χ1n) is 11.9. The summed E-state index contributed by atoms with van der Waals surface area (Å²) in [5.41, 5.74) is 1.41. The molecule has 3 N–H and O–H groups in total. The molecule has 0 bridgehead atoms. The molecule has 2 aliphatic rings. The number of fused-ring (bicyclic) bond motifs is 1. The van der Waals surface area contributed by atoms with E-state index in [2.05, 4.69) is 5.32 Å². The zero-order valence-electron chi connectivity index (χ0n) is 20.3. The topological polar surface area (TPSA) is 117 Å². The Morgan fingerprint density at radius 2 is 1.84 bits per heavy atom. The number of benzene rings is 2. The highest BCUT2D eigenvalue weighted by molar-refractivity contribution is 6.31. The van der Waals surface area contributed by atoms with Crippen molar-refractivity contribution in [2.24, 2.45) is 0 Å². The van der Waals surface area contributed by atoms with Crippen LogP contribution < -0.4 is 5.32 Å². The molecule has 3 atom stereocenters. The highest BCUT2D eigenvalue weighted by atomic mass is 35.5. The highest BCUT2D eigenvalue weighted by Crippen LogP contribution is 2.31. The van der Waals surface area contributed by atoms with Crippen molar-refractivity contribution in [2.75, 3.05) is 20.1 Å². The number of carboxylic acid groups (broad SMARTS) is 1. The number of carbonyl (C=O) groups is 3. The van der Waals surface area contributed by atoms with Crippen LogP contribution in [0.3, 0.4) is 0 Å². The molecule has 1 unspecified atom stereocenters. The lowest BCUT2D eigenvalue weighted by Crippen LogP contribution is -2.76. The number of β-amino-alcohol motifs (C(OH)–C–C–N with tert-alkyl or cyclic N) is 1. The number of nitrogens with zero attached hydrogens (tertiary/aromatic N) is 4. The van der Waals surface area contributed by atoms with Gasteiger partial charge in [0.2, 0.25) is 5.91 Å². The van der Waals surface area contributed by atoms with Crippen LogP contribution in [0.4, 0.5) is 9.18 Å². The summed E-state index contributed by atoms with van der Waals surface area (Å²) in [5, 5.41) is 26.5. The Kier molecular flexibility index (Phi) is 8.28. The number of likely N-dealkylation sites (N-methyl/N-ethyl adjacent to an activating group) is 1. The van der Waals surface area contributed by atoms with Crippen LogP contribution in [0, 0.1) is 5.82 Å². The third-order valence-electron chi connectivity index (χ3n) is 6.62. The largest absolute Gasteiger partial charge is 0.481 e. The second-order valence-electron chi connectivity index (χ2n) is 9.14. The molecule has 2 saturated heterocycles. The van der Waals surface area contributed by atoms with Gasteiger partial charge in [-0.25, -0.2) is 24.1 Å². The van der Waals surface area contributed by atoms with Crippen LogP contribution in [0.25, 0.3) is 0 Å². The summed E-state index contributed by atoms with van der Waals surface area (Å²) in [5.74, 6) is -1.79. The Morgan fingerprint density at radius 1 is 1.14 bits per heavy atom. The molecule has 0 aliphatic carbocycles. The number of amides is 3. The molecule has 2 aliphatic heterocycles. The van der Waals surface area contributed by atoms with Crippen LogP contribution in [-0.2, 0) is 22.7 Å². The summed E-state index contributed by atoms with van der Waals surface area (Å²) in [6.07, 6.45) is -2.17. The molecule has 0 spiro atoms. The van der Waals surface area contributed by atoms with Gasteiger partial charge in [-0.1, -0.05) is 41.9 Å². The zero-order chi connectivity index (χ0) is 26.7. The quantitative estimate of drug-likeness (QED) is 0.499. The van der Waals surface area contributed by atoms with Gasteiger partial charge in [-0.15, -0.1) is 0 Å². The second kappa shape index (κ2) is 11.4. The van der Waals surface area contributed by atoms with Crippen LogP contribution in [-0.4, -0.2) is 86.5 Å². The predicted molar refractivity (Wildman–Crippen MR) is 132 cm³/mol. The van der Waals surface area contributed by atoms with E-state index in [9.17, 15) is 29.0 Å². The average molecular weight is 534 g/mol. The third kappa shape index (κ3) is 6.02. The highest BCUT2D eigenvalue weighted by Gasteiger charge is 2.51. The van der Waals surface area contributed by atoms with Gasteiger partial charge < -0.3 is 20.4 Å². The fourth-order valence-electron chi connectivity index (χ4n) is 4.84. The van der Waals surface area contributed by atoms with Gasteiger partial charge in [0.1, 0.15) is 18.2 Å². The smallest absolute Gasteiger partial charge is 0.333 e. The Morgan fingerprint density at radius 3 is 2.51 bits per heavy atom. The summed E-state index contributed by atoms with van der Waals surface area (Å²) >= 11 is 6.33. The molecule has 3 amide bonds. The predicted octanol–water partition coefficient (Wildman–Crippen LogP) is 2.07.